The zero-order valence-corrected chi connectivity index (χ0v) is 64.4. The molecule has 0 saturated carbocycles. The van der Waals surface area contributed by atoms with Crippen LogP contribution in [-0.2, 0) is 65.4 Å². The molecule has 19 heteroatoms. The van der Waals surface area contributed by atoms with Crippen LogP contribution in [0.25, 0.3) is 0 Å². The van der Waals surface area contributed by atoms with Gasteiger partial charge in [-0.05, 0) is 135 Å². The summed E-state index contributed by atoms with van der Waals surface area (Å²) in [5.74, 6) is -1.67. The number of carbonyl (C=O) groups excluding carboxylic acids is 4. The molecule has 100 heavy (non-hydrogen) atoms. The van der Waals surface area contributed by atoms with Crippen molar-refractivity contribution in [1.29, 1.82) is 0 Å². The summed E-state index contributed by atoms with van der Waals surface area (Å²) in [5.41, 5.74) is 0. The number of aldehydes is 1. The molecule has 0 spiro atoms. The van der Waals surface area contributed by atoms with Gasteiger partial charge in [-0.1, -0.05) is 265 Å². The second-order valence-corrected chi connectivity index (χ2v) is 28.8. The van der Waals surface area contributed by atoms with Crippen molar-refractivity contribution in [2.45, 2.75) is 334 Å². The molecule has 0 aromatic rings. The van der Waals surface area contributed by atoms with E-state index in [4.69, 9.17) is 37.0 Å². The van der Waals surface area contributed by atoms with E-state index < -0.39 is 84.9 Å². The van der Waals surface area contributed by atoms with Crippen LogP contribution in [0.15, 0.2) is 109 Å². The third kappa shape index (κ3) is 73.6. The van der Waals surface area contributed by atoms with Crippen LogP contribution in [0.4, 0.5) is 0 Å². The first-order chi connectivity index (χ1) is 48.8. The van der Waals surface area contributed by atoms with Crippen molar-refractivity contribution in [3.05, 3.63) is 109 Å². The highest BCUT2D eigenvalue weighted by molar-refractivity contribution is 7.47. The number of aliphatic hydroxyl groups is 1. The van der Waals surface area contributed by atoms with Gasteiger partial charge in [0.15, 0.2) is 6.10 Å². The Morgan fingerprint density at radius 1 is 0.320 bits per heavy atom. The first kappa shape index (κ1) is 95.9. The van der Waals surface area contributed by atoms with Gasteiger partial charge in [-0.15, -0.1) is 0 Å². The predicted octanol–water partition coefficient (Wildman–Crippen LogP) is 22.2. The lowest BCUT2D eigenvalue weighted by atomic mass is 10.0. The van der Waals surface area contributed by atoms with Crippen LogP contribution < -0.4 is 0 Å². The average molecular weight is 1450 g/mol. The molecule has 3 N–H and O–H groups in total. The van der Waals surface area contributed by atoms with E-state index in [0.717, 1.165) is 148 Å². The van der Waals surface area contributed by atoms with Gasteiger partial charge in [0.2, 0.25) is 0 Å². The van der Waals surface area contributed by atoms with Crippen molar-refractivity contribution in [2.24, 2.45) is 0 Å². The summed E-state index contributed by atoms with van der Waals surface area (Å²) in [6.07, 6.45) is 79.9. The monoisotopic (exact) mass is 1450 g/mol. The number of esters is 3. The first-order valence-electron chi connectivity index (χ1n) is 39.1. The van der Waals surface area contributed by atoms with E-state index in [-0.39, 0.29) is 25.9 Å². The normalized spacial score (nSPS) is 14.5. The molecule has 0 saturated heterocycles. The van der Waals surface area contributed by atoms with E-state index in [0.29, 0.717) is 45.1 Å². The van der Waals surface area contributed by atoms with Crippen molar-refractivity contribution in [1.82, 2.24) is 0 Å². The molecule has 576 valence electrons. The highest BCUT2D eigenvalue weighted by Gasteiger charge is 2.30. The Morgan fingerprint density at radius 3 is 1.00 bits per heavy atom. The SMILES string of the molecule is CCCCC/C=C\C/C=C\C/C=C\C/C=C\CCCC(=O)OC[C@H](COP(=O)(O)OC[C@@H](O)COP(=O)(O)OC[C@@H](COCCCCCCC/C=C\CCCCCCC=O)OC(=O)CCCCCCCCCCCCCCC)OC(=O)CCC/C=C\C/C=C\C/C=C\C/C=C\CCCCC. The van der Waals surface area contributed by atoms with Gasteiger partial charge in [0.05, 0.1) is 33.0 Å². The van der Waals surface area contributed by atoms with E-state index in [1.54, 1.807) is 0 Å². The summed E-state index contributed by atoms with van der Waals surface area (Å²) in [7, 11) is -9.87. The maximum Gasteiger partial charge on any atom is 0.472 e. The highest BCUT2D eigenvalue weighted by atomic mass is 31.2. The molecule has 0 aromatic heterocycles. The van der Waals surface area contributed by atoms with Crippen LogP contribution >= 0.6 is 15.6 Å². The Morgan fingerprint density at radius 2 is 0.600 bits per heavy atom. The Kier molecular flexibility index (Phi) is 71.5. The van der Waals surface area contributed by atoms with Gasteiger partial charge in [-0.3, -0.25) is 32.5 Å². The quantitative estimate of drug-likeness (QED) is 0.0128. The standard InChI is InChI=1S/C81H140O17P2/c1-4-7-10-13-16-19-22-25-27-29-31-36-40-45-50-55-60-65-79(84)92-73-78(98-81(86)67-62-57-52-47-42-37-32-30-28-26-23-20-17-14-11-8-5-2)75-96-100(89,90)94-71-76(83)70-93-99(87,88)95-74-77(97-80(85)66-61-56-51-46-41-35-24-21-18-15-12-9-6-3)72-91-69-64-59-54-49-44-39-34-33-38-43-48-53-58-63-68-82/h16-17,19-20,25-28,31-34,36-37,45,47,50,52,68,76-78,83H,4-15,18,21-24,29-30,35,38-44,46,48-49,51,53-67,69-75H2,1-3H3,(H,87,88)(H,89,90)/b19-16-,20-17-,27-25-,28-26-,34-33-,36-31-,37-32-,50-45-,52-47-/t76-,77+,78+/m0/s1. The largest absolute Gasteiger partial charge is 0.472 e. The molecule has 0 aliphatic rings. The maximum atomic E-state index is 13.1. The molecule has 0 aromatic carbocycles. The minimum absolute atomic E-state index is 0.0160. The maximum absolute atomic E-state index is 13.1. The molecule has 0 radical (unpaired) electrons. The Balaban J connectivity index is 5.39. The van der Waals surface area contributed by atoms with Gasteiger partial charge in [-0.25, -0.2) is 9.13 Å². The fourth-order valence-corrected chi connectivity index (χ4v) is 11.8. The molecular formula is C81H140O17P2. The number of allylic oxidation sites excluding steroid dienone is 18. The Labute approximate surface area is 607 Å². The fourth-order valence-electron chi connectivity index (χ4n) is 10.2. The summed E-state index contributed by atoms with van der Waals surface area (Å²) < 4.78 is 69.1. The lowest BCUT2D eigenvalue weighted by molar-refractivity contribution is -0.161. The smallest absolute Gasteiger partial charge is 0.462 e. The molecular weight excluding hydrogens is 1310 g/mol. The molecule has 0 aliphatic heterocycles. The zero-order chi connectivity index (χ0) is 73.0. The number of carbonyl (C=O) groups is 4. The molecule has 0 rings (SSSR count). The Bertz CT molecular complexity index is 2290. The molecule has 5 atom stereocenters. The van der Waals surface area contributed by atoms with Crippen molar-refractivity contribution in [3.8, 4) is 0 Å². The molecule has 0 heterocycles. The second kappa shape index (κ2) is 74.6. The number of ether oxygens (including phenoxy) is 4. The number of rotatable bonds is 75. The van der Waals surface area contributed by atoms with Crippen molar-refractivity contribution < 1.29 is 80.2 Å². The molecule has 2 unspecified atom stereocenters. The minimum atomic E-state index is -4.98. The molecule has 0 aliphatic carbocycles. The highest BCUT2D eigenvalue weighted by Crippen LogP contribution is 2.45. The molecule has 0 bridgehead atoms. The second-order valence-electron chi connectivity index (χ2n) is 25.9. The fraction of sp³-hybridized carbons (Fsp3) is 0.728. The van der Waals surface area contributed by atoms with Crippen molar-refractivity contribution >= 4 is 39.8 Å². The zero-order valence-electron chi connectivity index (χ0n) is 62.6. The van der Waals surface area contributed by atoms with Crippen LogP contribution in [0.3, 0.4) is 0 Å². The van der Waals surface area contributed by atoms with Crippen LogP contribution in [0, 0.1) is 0 Å². The number of aliphatic hydroxyl groups excluding tert-OH is 1. The van der Waals surface area contributed by atoms with Gasteiger partial charge in [0, 0.05) is 32.3 Å². The van der Waals surface area contributed by atoms with Gasteiger partial charge in [0.1, 0.15) is 25.1 Å². The number of unbranched alkanes of at least 4 members (excludes halogenated alkanes) is 30. The number of hydrogen-bond donors (Lipinski definition) is 3. The van der Waals surface area contributed by atoms with E-state index in [1.165, 1.54) is 96.3 Å². The van der Waals surface area contributed by atoms with Crippen LogP contribution in [0.5, 0.6) is 0 Å². The molecule has 0 amide bonds. The Hall–Kier alpha value is -4.12. The lowest BCUT2D eigenvalue weighted by Crippen LogP contribution is -2.30. The summed E-state index contributed by atoms with van der Waals surface area (Å²) in [5, 5.41) is 10.6. The average Bonchev–Trinajstić information content (AvgIpc) is 0.946. The molecule has 0 fully saturated rings. The summed E-state index contributed by atoms with van der Waals surface area (Å²) >= 11 is 0. The van der Waals surface area contributed by atoms with E-state index in [1.807, 2.05) is 24.3 Å². The van der Waals surface area contributed by atoms with Crippen LogP contribution in [0.1, 0.15) is 316 Å². The summed E-state index contributed by atoms with van der Waals surface area (Å²) in [6.45, 7) is 3.47. The van der Waals surface area contributed by atoms with Gasteiger partial charge < -0.3 is 38.6 Å². The van der Waals surface area contributed by atoms with Crippen LogP contribution in [-0.4, -0.2) is 104 Å². The topological polar surface area (TPSA) is 237 Å². The third-order valence-electron chi connectivity index (χ3n) is 16.2. The van der Waals surface area contributed by atoms with Gasteiger partial charge in [0.25, 0.3) is 0 Å². The summed E-state index contributed by atoms with van der Waals surface area (Å²) in [4.78, 5) is 70.5. The number of phosphoric acid groups is 2. The van der Waals surface area contributed by atoms with Gasteiger partial charge >= 0.3 is 33.6 Å². The van der Waals surface area contributed by atoms with Crippen molar-refractivity contribution in [2.75, 3.05) is 46.2 Å². The minimum Gasteiger partial charge on any atom is -0.462 e. The first-order valence-corrected chi connectivity index (χ1v) is 42.1. The number of phosphoric ester groups is 2. The van der Waals surface area contributed by atoms with E-state index in [2.05, 4.69) is 106 Å². The van der Waals surface area contributed by atoms with E-state index >= 15 is 0 Å². The third-order valence-corrected chi connectivity index (χ3v) is 18.1. The lowest BCUT2D eigenvalue weighted by Gasteiger charge is -2.21. The van der Waals surface area contributed by atoms with Crippen molar-refractivity contribution in [3.63, 3.8) is 0 Å². The number of hydrogen-bond acceptors (Lipinski definition) is 15. The summed E-state index contributed by atoms with van der Waals surface area (Å²) in [6, 6.07) is 0. The van der Waals surface area contributed by atoms with Gasteiger partial charge in [-0.2, -0.15) is 0 Å². The van der Waals surface area contributed by atoms with E-state index in [9.17, 15) is 43.2 Å². The molecule has 17 nitrogen and oxygen atoms in total. The van der Waals surface area contributed by atoms with Crippen LogP contribution in [0.2, 0.25) is 0 Å². The predicted molar refractivity (Wildman–Crippen MR) is 409 cm³/mol.